The van der Waals surface area contributed by atoms with E-state index >= 15 is 0 Å². The summed E-state index contributed by atoms with van der Waals surface area (Å²) in [6, 6.07) is 7.09. The molecule has 4 saturated carbocycles. The van der Waals surface area contributed by atoms with Crippen molar-refractivity contribution in [1.82, 2.24) is 4.90 Å². The predicted octanol–water partition coefficient (Wildman–Crippen LogP) is 6.38. The van der Waals surface area contributed by atoms with Gasteiger partial charge in [0.1, 0.15) is 6.04 Å². The fourth-order valence-electron chi connectivity index (χ4n) is 8.61. The monoisotopic (exact) mass is 502 g/mol. The minimum atomic E-state index is -0.679. The van der Waals surface area contributed by atoms with Gasteiger partial charge in [-0.2, -0.15) is 0 Å². The smallest absolute Gasteiger partial charge is 0.257 e. The van der Waals surface area contributed by atoms with E-state index in [0.717, 1.165) is 38.5 Å². The van der Waals surface area contributed by atoms with Crippen molar-refractivity contribution >= 4 is 23.4 Å². The lowest BCUT2D eigenvalue weighted by Gasteiger charge is -2.57. The van der Waals surface area contributed by atoms with Crippen LogP contribution in [0.25, 0.3) is 0 Å². The normalized spacial score (nSPS) is 32.8. The van der Waals surface area contributed by atoms with E-state index in [1.807, 2.05) is 29.2 Å². The highest BCUT2D eigenvalue weighted by atomic mass is 16.2. The van der Waals surface area contributed by atoms with Gasteiger partial charge in [0.15, 0.2) is 0 Å². The van der Waals surface area contributed by atoms with E-state index in [1.54, 1.807) is 0 Å². The molecule has 1 aromatic carbocycles. The Hall–Kier alpha value is -2.43. The third-order valence-electron chi connectivity index (χ3n) is 10.1. The second-order valence-electron chi connectivity index (χ2n) is 13.1. The molecule has 4 bridgehead atoms. The van der Waals surface area contributed by atoms with Crippen molar-refractivity contribution in [3.8, 4) is 0 Å². The zero-order chi connectivity index (χ0) is 25.7. The second kappa shape index (κ2) is 9.71. The molecule has 0 spiro atoms. The number of imide groups is 1. The van der Waals surface area contributed by atoms with E-state index < -0.39 is 6.04 Å². The molecular formula is C32H42N2O3. The van der Waals surface area contributed by atoms with Crippen LogP contribution in [0.1, 0.15) is 102 Å². The zero-order valence-electron chi connectivity index (χ0n) is 22.6. The molecule has 5 aliphatic carbocycles. The van der Waals surface area contributed by atoms with E-state index in [1.165, 1.54) is 48.1 Å². The Morgan fingerprint density at radius 1 is 1.00 bits per heavy atom. The first-order valence-electron chi connectivity index (χ1n) is 14.8. The van der Waals surface area contributed by atoms with Crippen molar-refractivity contribution < 1.29 is 14.4 Å². The number of nitrogens with zero attached hydrogens (tertiary/aromatic N) is 2. The summed E-state index contributed by atoms with van der Waals surface area (Å²) in [6.45, 7) is 4.82. The summed E-state index contributed by atoms with van der Waals surface area (Å²) in [7, 11) is 0. The van der Waals surface area contributed by atoms with Gasteiger partial charge in [0.05, 0.1) is 17.5 Å². The summed E-state index contributed by atoms with van der Waals surface area (Å²) in [4.78, 5) is 44.8. The number of rotatable bonds is 7. The van der Waals surface area contributed by atoms with Crippen LogP contribution >= 0.6 is 0 Å². The van der Waals surface area contributed by atoms with Gasteiger partial charge < -0.3 is 4.90 Å². The molecule has 1 unspecified atom stereocenters. The first kappa shape index (κ1) is 24.9. The third kappa shape index (κ3) is 4.57. The second-order valence-corrected chi connectivity index (χ2v) is 13.1. The van der Waals surface area contributed by atoms with Gasteiger partial charge in [0.2, 0.25) is 11.8 Å². The Morgan fingerprint density at radius 2 is 1.65 bits per heavy atom. The molecule has 6 aliphatic rings. The maximum Gasteiger partial charge on any atom is 0.257 e. The minimum Gasteiger partial charge on any atom is -0.329 e. The molecule has 5 fully saturated rings. The molecule has 7 rings (SSSR count). The maximum atomic E-state index is 14.5. The number of anilines is 1. The highest BCUT2D eigenvalue weighted by Gasteiger charge is 2.57. The average Bonchev–Trinajstić information content (AvgIpc) is 3.17. The van der Waals surface area contributed by atoms with E-state index in [0.29, 0.717) is 35.9 Å². The molecule has 1 aromatic rings. The van der Waals surface area contributed by atoms with Crippen LogP contribution in [0.4, 0.5) is 5.69 Å². The Morgan fingerprint density at radius 3 is 2.22 bits per heavy atom. The number of amides is 3. The van der Waals surface area contributed by atoms with E-state index in [2.05, 4.69) is 19.9 Å². The molecular weight excluding hydrogens is 460 g/mol. The molecule has 1 atom stereocenters. The molecule has 5 heteroatoms. The first-order chi connectivity index (χ1) is 17.8. The molecule has 5 nitrogen and oxygen atoms in total. The van der Waals surface area contributed by atoms with Crippen molar-refractivity contribution in [2.45, 2.75) is 103 Å². The molecule has 3 amide bonds. The van der Waals surface area contributed by atoms with E-state index in [-0.39, 0.29) is 29.6 Å². The van der Waals surface area contributed by atoms with Crippen molar-refractivity contribution in [3.63, 3.8) is 0 Å². The molecule has 37 heavy (non-hydrogen) atoms. The lowest BCUT2D eigenvalue weighted by molar-refractivity contribution is -0.161. The topological polar surface area (TPSA) is 57.7 Å². The first-order valence-corrected chi connectivity index (χ1v) is 14.8. The summed E-state index contributed by atoms with van der Waals surface area (Å²) >= 11 is 0. The minimum absolute atomic E-state index is 0.0991. The standard InChI is InChI=1S/C32H42N2O3/c1-21(2)26-8-10-27(11-9-26)34-29(35)17-28(30(34)36)33(13-12-22-6-4-3-5-7-22)31(37)32-18-23-14-24(19-32)16-25(15-23)20-32/h6,8-11,21,23-25,28H,3-5,7,12-20H2,1-2H3. The number of hydrogen-bond acceptors (Lipinski definition) is 3. The Balaban J connectivity index is 1.28. The van der Waals surface area contributed by atoms with Crippen molar-refractivity contribution in [3.05, 3.63) is 41.5 Å². The van der Waals surface area contributed by atoms with Crippen LogP contribution in [-0.4, -0.2) is 35.2 Å². The molecule has 1 heterocycles. The van der Waals surface area contributed by atoms with Gasteiger partial charge in [-0.25, -0.2) is 4.90 Å². The summed E-state index contributed by atoms with van der Waals surface area (Å²) < 4.78 is 0. The van der Waals surface area contributed by atoms with Crippen LogP contribution in [0.5, 0.6) is 0 Å². The summed E-state index contributed by atoms with van der Waals surface area (Å²) in [5, 5.41) is 0. The number of carbonyl (C=O) groups is 3. The van der Waals surface area contributed by atoms with Crippen molar-refractivity contribution in [2.75, 3.05) is 11.4 Å². The van der Waals surface area contributed by atoms with Crippen LogP contribution < -0.4 is 4.90 Å². The number of hydrogen-bond donors (Lipinski definition) is 0. The molecule has 198 valence electrons. The fraction of sp³-hybridized carbons (Fsp3) is 0.656. The number of carbonyl (C=O) groups excluding carboxylic acids is 3. The third-order valence-corrected chi connectivity index (χ3v) is 10.1. The molecule has 0 radical (unpaired) electrons. The van der Waals surface area contributed by atoms with Gasteiger partial charge in [-0.1, -0.05) is 37.6 Å². The van der Waals surface area contributed by atoms with Crippen LogP contribution in [0.3, 0.4) is 0 Å². The van der Waals surface area contributed by atoms with Gasteiger partial charge in [-0.05, 0) is 112 Å². The van der Waals surface area contributed by atoms with Gasteiger partial charge >= 0.3 is 0 Å². The largest absolute Gasteiger partial charge is 0.329 e. The molecule has 1 aliphatic heterocycles. The number of allylic oxidation sites excluding steroid dienone is 1. The van der Waals surface area contributed by atoms with Gasteiger partial charge in [0, 0.05) is 6.54 Å². The average molecular weight is 503 g/mol. The predicted molar refractivity (Wildman–Crippen MR) is 145 cm³/mol. The van der Waals surface area contributed by atoms with Gasteiger partial charge in [-0.3, -0.25) is 14.4 Å². The zero-order valence-corrected chi connectivity index (χ0v) is 22.6. The highest BCUT2D eigenvalue weighted by molar-refractivity contribution is 6.23. The molecule has 0 N–H and O–H groups in total. The summed E-state index contributed by atoms with van der Waals surface area (Å²) in [6.07, 6.45) is 14.7. The van der Waals surface area contributed by atoms with Crippen LogP contribution in [0, 0.1) is 23.2 Å². The van der Waals surface area contributed by atoms with Crippen LogP contribution in [0.15, 0.2) is 35.9 Å². The lowest BCUT2D eigenvalue weighted by atomic mass is 9.49. The van der Waals surface area contributed by atoms with Crippen LogP contribution in [-0.2, 0) is 14.4 Å². The van der Waals surface area contributed by atoms with Crippen molar-refractivity contribution in [1.29, 1.82) is 0 Å². The summed E-state index contributed by atoms with van der Waals surface area (Å²) in [5.74, 6) is 2.13. The van der Waals surface area contributed by atoms with Crippen LogP contribution in [0.2, 0.25) is 0 Å². The van der Waals surface area contributed by atoms with Gasteiger partial charge in [-0.15, -0.1) is 0 Å². The van der Waals surface area contributed by atoms with Crippen molar-refractivity contribution in [2.24, 2.45) is 23.2 Å². The van der Waals surface area contributed by atoms with E-state index in [9.17, 15) is 14.4 Å². The molecule has 1 saturated heterocycles. The number of benzene rings is 1. The lowest BCUT2D eigenvalue weighted by Crippen LogP contribution is -2.57. The SMILES string of the molecule is CC(C)c1ccc(N2C(=O)CC(N(CCC3=CCCCC3)C(=O)C34CC5CC(CC(C5)C3)C4)C2=O)cc1. The van der Waals surface area contributed by atoms with Gasteiger partial charge in [0.25, 0.3) is 5.91 Å². The highest BCUT2D eigenvalue weighted by Crippen LogP contribution is 2.60. The van der Waals surface area contributed by atoms with E-state index in [4.69, 9.17) is 0 Å². The Kier molecular flexibility index (Phi) is 6.53. The fourth-order valence-corrected chi connectivity index (χ4v) is 8.61. The quantitative estimate of drug-likeness (QED) is 0.321. The summed E-state index contributed by atoms with van der Waals surface area (Å²) in [5.41, 5.74) is 2.90. The Labute approximate surface area is 221 Å². The maximum absolute atomic E-state index is 14.5. The molecule has 0 aromatic heterocycles. The Bertz CT molecular complexity index is 1070.